The van der Waals surface area contributed by atoms with Crippen LogP contribution < -0.4 is 24.8 Å². The molecule has 2 aromatic heterocycles. The first-order chi connectivity index (χ1) is 19.3. The van der Waals surface area contributed by atoms with Gasteiger partial charge in [0.15, 0.2) is 0 Å². The minimum absolute atomic E-state index is 0.0223. The summed E-state index contributed by atoms with van der Waals surface area (Å²) in [5.41, 5.74) is 2.83. The minimum atomic E-state index is -0.688. The summed E-state index contributed by atoms with van der Waals surface area (Å²) < 4.78 is 42.5. The molecule has 7 nitrogen and oxygen atoms in total. The van der Waals surface area contributed by atoms with E-state index in [0.717, 1.165) is 29.7 Å². The fraction of sp³-hybridized carbons (Fsp3) is 0.214. The molecule has 0 radical (unpaired) electrons. The molecular formula is C28H25ClF2N4O3S2. The molecule has 1 amide bonds. The third-order valence-corrected chi connectivity index (χ3v) is 7.67. The highest BCUT2D eigenvalue weighted by Gasteiger charge is 2.22. The van der Waals surface area contributed by atoms with Gasteiger partial charge in [-0.25, -0.2) is 13.8 Å². The summed E-state index contributed by atoms with van der Waals surface area (Å²) in [7, 11) is 0. The Labute approximate surface area is 243 Å². The van der Waals surface area contributed by atoms with E-state index >= 15 is 0 Å². The first kappa shape index (κ1) is 28.2. The molecule has 12 heteroatoms. The van der Waals surface area contributed by atoms with Crippen LogP contribution in [0, 0.1) is 18.6 Å². The van der Waals surface area contributed by atoms with E-state index in [0.29, 0.717) is 43.9 Å². The van der Waals surface area contributed by atoms with Gasteiger partial charge in [-0.05, 0) is 48.9 Å². The van der Waals surface area contributed by atoms with Crippen molar-refractivity contribution in [1.82, 2.24) is 10.3 Å². The number of thiophene rings is 1. The fourth-order valence-corrected chi connectivity index (χ4v) is 5.56. The molecule has 0 unspecified atom stereocenters. The van der Waals surface area contributed by atoms with Gasteiger partial charge < -0.3 is 24.8 Å². The molecule has 3 heterocycles. The highest BCUT2D eigenvalue weighted by atomic mass is 35.5. The van der Waals surface area contributed by atoms with Crippen LogP contribution in [0.2, 0.25) is 5.02 Å². The number of aromatic nitrogens is 1. The maximum absolute atomic E-state index is 13.7. The molecule has 5 rings (SSSR count). The van der Waals surface area contributed by atoms with Crippen LogP contribution in [0.5, 0.6) is 11.5 Å². The number of carbonyl (C=O) groups excluding carboxylic acids is 1. The summed E-state index contributed by atoms with van der Waals surface area (Å²) in [6.07, 6.45) is 3.51. The second-order valence-corrected chi connectivity index (χ2v) is 11.4. The molecule has 0 spiro atoms. The monoisotopic (exact) mass is 602 g/mol. The average molecular weight is 603 g/mol. The van der Waals surface area contributed by atoms with Crippen LogP contribution in [-0.2, 0) is 6.61 Å². The molecule has 1 aliphatic heterocycles. The Morgan fingerprint density at radius 2 is 1.88 bits per heavy atom. The first-order valence-electron chi connectivity index (χ1n) is 12.2. The van der Waals surface area contributed by atoms with Crippen molar-refractivity contribution in [1.29, 1.82) is 0 Å². The van der Waals surface area contributed by atoms with E-state index in [1.807, 2.05) is 13.2 Å². The molecule has 2 aromatic carbocycles. The molecule has 0 bridgehead atoms. The molecule has 1 aliphatic rings. The summed E-state index contributed by atoms with van der Waals surface area (Å²) in [5.74, 6) is -0.798. The maximum atomic E-state index is 13.7. The molecular weight excluding hydrogens is 578 g/mol. The summed E-state index contributed by atoms with van der Waals surface area (Å²) in [5, 5.41) is 6.53. The molecule has 0 atom stereocenters. The quantitative estimate of drug-likeness (QED) is 0.170. The van der Waals surface area contributed by atoms with Gasteiger partial charge in [0.05, 0.1) is 11.1 Å². The minimum Gasteiger partial charge on any atom is -0.486 e. The van der Waals surface area contributed by atoms with Gasteiger partial charge in [-0.3, -0.25) is 4.79 Å². The Balaban J connectivity index is 1.41. The van der Waals surface area contributed by atoms with E-state index in [9.17, 15) is 13.6 Å². The first-order valence-corrected chi connectivity index (χ1v) is 14.7. The van der Waals surface area contributed by atoms with E-state index in [1.165, 1.54) is 35.4 Å². The number of ether oxygens (including phenoxy) is 2. The predicted molar refractivity (Wildman–Crippen MR) is 157 cm³/mol. The Morgan fingerprint density at radius 3 is 2.58 bits per heavy atom. The Bertz CT molecular complexity index is 1530. The molecule has 4 aromatic rings. The second-order valence-electron chi connectivity index (χ2n) is 9.05. The van der Waals surface area contributed by atoms with E-state index in [2.05, 4.69) is 20.3 Å². The summed E-state index contributed by atoms with van der Waals surface area (Å²) >= 11 is 8.94. The lowest BCUT2D eigenvalue weighted by molar-refractivity contribution is 0.103. The van der Waals surface area contributed by atoms with Crippen LogP contribution >= 0.6 is 34.9 Å². The highest BCUT2D eigenvalue weighted by Crippen LogP contribution is 2.38. The topological polar surface area (TPSA) is 84.5 Å². The Hall–Kier alpha value is -3.38. The summed E-state index contributed by atoms with van der Waals surface area (Å²) in [4.78, 5) is 19.1. The lowest BCUT2D eigenvalue weighted by atomic mass is 10.1. The Kier molecular flexibility index (Phi) is 8.75. The second kappa shape index (κ2) is 12.4. The number of nitrogens with zero attached hydrogens (tertiary/aromatic N) is 1. The SMILES string of the molecule is CSNc1cc(Cl)cc(NC(=O)c2cc(-c3ncc(OC4CNC4)cc3OCc3cc(F)cc(F)c3)c(C)s2)c1. The van der Waals surface area contributed by atoms with Crippen molar-refractivity contribution < 1.29 is 23.0 Å². The zero-order valence-electron chi connectivity index (χ0n) is 21.5. The number of amides is 1. The lowest BCUT2D eigenvalue weighted by Crippen LogP contribution is -2.50. The van der Waals surface area contributed by atoms with Crippen LogP contribution in [0.1, 0.15) is 20.1 Å². The molecule has 1 fully saturated rings. The average Bonchev–Trinajstić information content (AvgIpc) is 3.26. The van der Waals surface area contributed by atoms with E-state index in [4.69, 9.17) is 21.1 Å². The lowest BCUT2D eigenvalue weighted by Gasteiger charge is -2.27. The number of halogens is 3. The van der Waals surface area contributed by atoms with Crippen LogP contribution in [-0.4, -0.2) is 36.3 Å². The Morgan fingerprint density at radius 1 is 1.12 bits per heavy atom. The fourth-order valence-electron chi connectivity index (χ4n) is 4.06. The number of nitrogens with one attached hydrogen (secondary N) is 3. The van der Waals surface area contributed by atoms with Crippen molar-refractivity contribution in [3.05, 3.63) is 86.7 Å². The number of anilines is 2. The van der Waals surface area contributed by atoms with E-state index in [1.54, 1.807) is 36.5 Å². The van der Waals surface area contributed by atoms with Gasteiger partial charge in [0.2, 0.25) is 0 Å². The van der Waals surface area contributed by atoms with Crippen LogP contribution in [0.4, 0.5) is 20.2 Å². The van der Waals surface area contributed by atoms with Crippen LogP contribution in [0.25, 0.3) is 11.3 Å². The summed E-state index contributed by atoms with van der Waals surface area (Å²) in [6, 6.07) is 11.9. The van der Waals surface area contributed by atoms with Gasteiger partial charge in [-0.15, -0.1) is 11.3 Å². The van der Waals surface area contributed by atoms with Crippen molar-refractivity contribution in [3.8, 4) is 22.8 Å². The number of rotatable bonds is 10. The van der Waals surface area contributed by atoms with E-state index in [-0.39, 0.29) is 18.6 Å². The standard InChI is InChI=1S/C28H25ClF2N4O3S2/c1-15-24(10-26(40-15)28(36)34-20-5-17(29)6-21(8-20)35-39-2)27-25(9-22(13-33-27)38-23-11-32-12-23)37-14-16-3-18(30)7-19(31)4-16/h3-10,13,23,32,35H,11-12,14H2,1-2H3,(H,34,36). The number of hydrogen-bond acceptors (Lipinski definition) is 8. The number of pyridine rings is 1. The molecule has 3 N–H and O–H groups in total. The number of hydrogen-bond donors (Lipinski definition) is 3. The van der Waals surface area contributed by atoms with Crippen molar-refractivity contribution in [3.63, 3.8) is 0 Å². The van der Waals surface area contributed by atoms with Gasteiger partial charge in [-0.2, -0.15) is 0 Å². The van der Waals surface area contributed by atoms with E-state index < -0.39 is 11.6 Å². The molecule has 1 saturated heterocycles. The third-order valence-electron chi connectivity index (χ3n) is 5.96. The predicted octanol–water partition coefficient (Wildman–Crippen LogP) is 6.92. The smallest absolute Gasteiger partial charge is 0.265 e. The van der Waals surface area contributed by atoms with Crippen LogP contribution in [0.3, 0.4) is 0 Å². The van der Waals surface area contributed by atoms with Crippen molar-refractivity contribution in [2.75, 3.05) is 29.4 Å². The number of aryl methyl sites for hydroxylation is 1. The zero-order valence-corrected chi connectivity index (χ0v) is 23.9. The van der Waals surface area contributed by atoms with Crippen molar-refractivity contribution in [2.24, 2.45) is 0 Å². The van der Waals surface area contributed by atoms with Gasteiger partial charge in [0.1, 0.15) is 41.5 Å². The van der Waals surface area contributed by atoms with Gasteiger partial charge in [-0.1, -0.05) is 23.5 Å². The number of carbonyl (C=O) groups is 1. The zero-order chi connectivity index (χ0) is 28.2. The van der Waals surface area contributed by atoms with Gasteiger partial charge >= 0.3 is 0 Å². The molecule has 0 aliphatic carbocycles. The normalized spacial score (nSPS) is 13.0. The van der Waals surface area contributed by atoms with Gasteiger partial charge in [0, 0.05) is 58.3 Å². The van der Waals surface area contributed by atoms with Crippen LogP contribution in [0.15, 0.2) is 54.7 Å². The summed E-state index contributed by atoms with van der Waals surface area (Å²) in [6.45, 7) is 3.25. The maximum Gasteiger partial charge on any atom is 0.265 e. The molecule has 40 heavy (non-hydrogen) atoms. The van der Waals surface area contributed by atoms with Gasteiger partial charge in [0.25, 0.3) is 5.91 Å². The van der Waals surface area contributed by atoms with Crippen molar-refractivity contribution >= 4 is 52.2 Å². The molecule has 0 saturated carbocycles. The highest BCUT2D eigenvalue weighted by molar-refractivity contribution is 7.99. The van der Waals surface area contributed by atoms with Crippen molar-refractivity contribution in [2.45, 2.75) is 19.6 Å². The largest absolute Gasteiger partial charge is 0.486 e. The number of benzene rings is 2. The third kappa shape index (κ3) is 6.84. The molecule has 208 valence electrons.